The molecule has 1 aromatic rings. The monoisotopic (exact) mass is 235 g/mol. The summed E-state index contributed by atoms with van der Waals surface area (Å²) in [5, 5.41) is 6.52. The van der Waals surface area contributed by atoms with Crippen LogP contribution in [-0.2, 0) is 0 Å². The van der Waals surface area contributed by atoms with Gasteiger partial charge in [-0.3, -0.25) is 9.79 Å². The second-order valence-electron chi connectivity index (χ2n) is 3.32. The molecule has 5 heteroatoms. The van der Waals surface area contributed by atoms with Crippen molar-refractivity contribution >= 4 is 28.5 Å². The van der Waals surface area contributed by atoms with Crippen molar-refractivity contribution in [2.24, 2.45) is 4.99 Å². The summed E-state index contributed by atoms with van der Waals surface area (Å²) >= 11 is 1.58. The average molecular weight is 235 g/mol. The molecule has 0 spiro atoms. The molecule has 0 aliphatic carbocycles. The van der Waals surface area contributed by atoms with Gasteiger partial charge in [-0.25, -0.2) is 0 Å². The van der Waals surface area contributed by atoms with Gasteiger partial charge < -0.3 is 10.6 Å². The van der Waals surface area contributed by atoms with Gasteiger partial charge in [-0.15, -0.1) is 0 Å². The minimum atomic E-state index is -0.101. The fraction of sp³-hybridized carbons (Fsp3) is 0.273. The van der Waals surface area contributed by atoms with Crippen LogP contribution in [0.15, 0.2) is 29.3 Å². The topological polar surface area (TPSA) is 53.5 Å². The number of aliphatic imine (C=N–C) groups is 1. The molecule has 2 N–H and O–H groups in total. The highest BCUT2D eigenvalue weighted by Crippen LogP contribution is 2.11. The third-order valence-electron chi connectivity index (χ3n) is 2.24. The van der Waals surface area contributed by atoms with Gasteiger partial charge >= 0.3 is 0 Å². The predicted octanol–water partition coefficient (Wildman–Crippen LogP) is 1.56. The molecule has 0 saturated heterocycles. The molecule has 2 rings (SSSR count). The lowest BCUT2D eigenvalue weighted by molar-refractivity contribution is 0.0978. The van der Waals surface area contributed by atoms with Crippen LogP contribution in [0, 0.1) is 0 Å². The SMILES string of the molecule is CNc1ccc(C(=O)NC2=NCCS2)cc1. The van der Waals surface area contributed by atoms with E-state index in [0.717, 1.165) is 23.2 Å². The number of hydrogen-bond donors (Lipinski definition) is 2. The molecular formula is C11H13N3OS. The molecule has 0 fully saturated rings. The molecule has 16 heavy (non-hydrogen) atoms. The molecule has 0 bridgehead atoms. The van der Waals surface area contributed by atoms with Gasteiger partial charge in [0.05, 0.1) is 6.54 Å². The van der Waals surface area contributed by atoms with Gasteiger partial charge in [-0.2, -0.15) is 0 Å². The first-order valence-corrected chi connectivity index (χ1v) is 6.04. The van der Waals surface area contributed by atoms with Crippen molar-refractivity contribution in [2.75, 3.05) is 24.7 Å². The first-order valence-electron chi connectivity index (χ1n) is 5.06. The number of carbonyl (C=O) groups excluding carboxylic acids is 1. The van der Waals surface area contributed by atoms with Gasteiger partial charge in [-0.05, 0) is 24.3 Å². The fourth-order valence-electron chi connectivity index (χ4n) is 1.37. The van der Waals surface area contributed by atoms with Crippen molar-refractivity contribution in [1.82, 2.24) is 5.32 Å². The largest absolute Gasteiger partial charge is 0.388 e. The molecule has 0 unspecified atom stereocenters. The van der Waals surface area contributed by atoms with Crippen LogP contribution in [0.5, 0.6) is 0 Å². The fourth-order valence-corrected chi connectivity index (χ4v) is 2.09. The van der Waals surface area contributed by atoms with Crippen molar-refractivity contribution in [3.63, 3.8) is 0 Å². The third-order valence-corrected chi connectivity index (χ3v) is 3.13. The average Bonchev–Trinajstić information content (AvgIpc) is 2.82. The van der Waals surface area contributed by atoms with Crippen molar-refractivity contribution in [3.8, 4) is 0 Å². The summed E-state index contributed by atoms with van der Waals surface area (Å²) in [5.74, 6) is 0.852. The van der Waals surface area contributed by atoms with E-state index in [2.05, 4.69) is 15.6 Å². The second kappa shape index (κ2) is 5.03. The highest BCUT2D eigenvalue weighted by atomic mass is 32.2. The van der Waals surface area contributed by atoms with E-state index in [1.807, 2.05) is 19.2 Å². The Bertz CT molecular complexity index is 414. The Balaban J connectivity index is 2.02. The normalized spacial score (nSPS) is 14.4. The number of benzene rings is 1. The quantitative estimate of drug-likeness (QED) is 0.818. The van der Waals surface area contributed by atoms with Gasteiger partial charge in [0.25, 0.3) is 5.91 Å². The van der Waals surface area contributed by atoms with Crippen LogP contribution in [0.2, 0.25) is 0 Å². The summed E-state index contributed by atoms with van der Waals surface area (Å²) < 4.78 is 0. The summed E-state index contributed by atoms with van der Waals surface area (Å²) in [6.07, 6.45) is 0. The number of nitrogens with zero attached hydrogens (tertiary/aromatic N) is 1. The maximum atomic E-state index is 11.8. The predicted molar refractivity (Wildman–Crippen MR) is 68.2 cm³/mol. The van der Waals surface area contributed by atoms with Crippen LogP contribution in [-0.4, -0.2) is 30.4 Å². The van der Waals surface area contributed by atoms with Gasteiger partial charge in [-0.1, -0.05) is 11.8 Å². The zero-order valence-corrected chi connectivity index (χ0v) is 9.80. The summed E-state index contributed by atoms with van der Waals surface area (Å²) in [4.78, 5) is 15.9. The molecule has 1 aliphatic heterocycles. The number of anilines is 1. The molecule has 1 aromatic carbocycles. The lowest BCUT2D eigenvalue weighted by Crippen LogP contribution is -2.27. The van der Waals surface area contributed by atoms with E-state index in [1.54, 1.807) is 23.9 Å². The van der Waals surface area contributed by atoms with Crippen LogP contribution in [0.4, 0.5) is 5.69 Å². The summed E-state index contributed by atoms with van der Waals surface area (Å²) in [6, 6.07) is 7.33. The third kappa shape index (κ3) is 2.55. The van der Waals surface area contributed by atoms with E-state index in [-0.39, 0.29) is 5.91 Å². The van der Waals surface area contributed by atoms with Crippen molar-refractivity contribution < 1.29 is 4.79 Å². The zero-order valence-electron chi connectivity index (χ0n) is 8.99. The Morgan fingerprint density at radius 2 is 2.12 bits per heavy atom. The number of amidine groups is 1. The number of thioether (sulfide) groups is 1. The smallest absolute Gasteiger partial charge is 0.257 e. The van der Waals surface area contributed by atoms with Gasteiger partial charge in [0, 0.05) is 24.1 Å². The molecule has 84 valence electrons. The summed E-state index contributed by atoms with van der Waals surface area (Å²) in [7, 11) is 1.85. The van der Waals surface area contributed by atoms with Crippen molar-refractivity contribution in [3.05, 3.63) is 29.8 Å². The van der Waals surface area contributed by atoms with Gasteiger partial charge in [0.15, 0.2) is 5.17 Å². The first-order chi connectivity index (χ1) is 7.79. The van der Waals surface area contributed by atoms with Crippen LogP contribution in [0.3, 0.4) is 0 Å². The maximum Gasteiger partial charge on any atom is 0.257 e. The standard InChI is InChI=1S/C11H13N3OS/c1-12-9-4-2-8(3-5-9)10(15)14-11-13-6-7-16-11/h2-5,12H,6-7H2,1H3,(H,13,14,15). The lowest BCUT2D eigenvalue weighted by atomic mass is 10.2. The molecule has 0 atom stereocenters. The van der Waals surface area contributed by atoms with Crippen LogP contribution in [0.1, 0.15) is 10.4 Å². The number of hydrogen-bond acceptors (Lipinski definition) is 4. The Kier molecular flexibility index (Phi) is 3.46. The Morgan fingerprint density at radius 3 is 2.69 bits per heavy atom. The summed E-state index contributed by atoms with van der Waals surface area (Å²) in [5.41, 5.74) is 1.64. The van der Waals surface area contributed by atoms with E-state index >= 15 is 0 Å². The van der Waals surface area contributed by atoms with Gasteiger partial charge in [0.2, 0.25) is 0 Å². The molecular weight excluding hydrogens is 222 g/mol. The minimum absolute atomic E-state index is 0.101. The van der Waals surface area contributed by atoms with Crippen LogP contribution in [0.25, 0.3) is 0 Å². The highest BCUT2D eigenvalue weighted by molar-refractivity contribution is 8.14. The van der Waals surface area contributed by atoms with Gasteiger partial charge in [0.1, 0.15) is 0 Å². The van der Waals surface area contributed by atoms with E-state index in [4.69, 9.17) is 0 Å². The highest BCUT2D eigenvalue weighted by Gasteiger charge is 2.12. The van der Waals surface area contributed by atoms with Crippen LogP contribution >= 0.6 is 11.8 Å². The first kappa shape index (κ1) is 11.0. The number of carbonyl (C=O) groups is 1. The summed E-state index contributed by atoms with van der Waals surface area (Å²) in [6.45, 7) is 0.791. The number of nitrogens with one attached hydrogen (secondary N) is 2. The molecule has 1 amide bonds. The second-order valence-corrected chi connectivity index (χ2v) is 4.40. The van der Waals surface area contributed by atoms with E-state index < -0.39 is 0 Å². The minimum Gasteiger partial charge on any atom is -0.388 e. The number of rotatable bonds is 2. The Hall–Kier alpha value is -1.49. The van der Waals surface area contributed by atoms with Crippen LogP contribution < -0.4 is 10.6 Å². The Morgan fingerprint density at radius 1 is 1.38 bits per heavy atom. The number of amides is 1. The molecule has 0 saturated carbocycles. The molecule has 0 radical (unpaired) electrons. The Labute approximate surface area is 98.5 Å². The molecule has 1 aliphatic rings. The molecule has 1 heterocycles. The molecule has 4 nitrogen and oxygen atoms in total. The molecule has 0 aromatic heterocycles. The van der Waals surface area contributed by atoms with E-state index in [1.165, 1.54) is 0 Å². The lowest BCUT2D eigenvalue weighted by Gasteiger charge is -2.05. The van der Waals surface area contributed by atoms with Crippen molar-refractivity contribution in [1.29, 1.82) is 0 Å². The van der Waals surface area contributed by atoms with Crippen molar-refractivity contribution in [2.45, 2.75) is 0 Å². The maximum absolute atomic E-state index is 11.8. The zero-order chi connectivity index (χ0) is 11.4. The van der Waals surface area contributed by atoms with E-state index in [9.17, 15) is 4.79 Å². The van der Waals surface area contributed by atoms with E-state index in [0.29, 0.717) is 5.56 Å².